The summed E-state index contributed by atoms with van der Waals surface area (Å²) >= 11 is 5.69. The van der Waals surface area contributed by atoms with Crippen LogP contribution in [0.4, 0.5) is 0 Å². The molecule has 0 saturated carbocycles. The second kappa shape index (κ2) is 6.27. The summed E-state index contributed by atoms with van der Waals surface area (Å²) in [6.07, 6.45) is 0. The molecule has 2 aromatic rings. The summed E-state index contributed by atoms with van der Waals surface area (Å²) in [6.45, 7) is 1.80. The van der Waals surface area contributed by atoms with E-state index in [9.17, 15) is 9.90 Å². The molecule has 0 radical (unpaired) electrons. The fraction of sp³-hybridized carbons (Fsp3) is 0.154. The third-order valence-electron chi connectivity index (χ3n) is 2.81. The molecule has 0 aliphatic rings. The fourth-order valence-corrected chi connectivity index (χ4v) is 4.16. The first kappa shape index (κ1) is 14.9. The maximum absolute atomic E-state index is 11.7. The summed E-state index contributed by atoms with van der Waals surface area (Å²) in [5.74, 6) is -0.452. The quantitative estimate of drug-likeness (QED) is 0.634. The van der Waals surface area contributed by atoms with E-state index in [0.717, 1.165) is 19.6 Å². The molecule has 0 aliphatic heterocycles. The van der Waals surface area contributed by atoms with Gasteiger partial charge in [-0.1, -0.05) is 0 Å². The molecule has 1 aromatic heterocycles. The molecule has 0 spiro atoms. The molecular weight excluding hydrogens is 390 g/mol. The Kier molecular flexibility index (Phi) is 4.90. The van der Waals surface area contributed by atoms with Gasteiger partial charge in [0.05, 0.1) is 0 Å². The average molecular weight is 400 g/mol. The predicted octanol–water partition coefficient (Wildman–Crippen LogP) is 3.46. The van der Waals surface area contributed by atoms with Gasteiger partial charge in [0.15, 0.2) is 0 Å². The average Bonchev–Trinajstić information content (AvgIpc) is 2.79. The molecule has 19 heavy (non-hydrogen) atoms. The Bertz CT molecular complexity index is 612. The van der Waals surface area contributed by atoms with E-state index in [-0.39, 0.29) is 17.6 Å². The Labute approximate surface area is 137 Å². The van der Waals surface area contributed by atoms with Crippen LogP contribution in [0.5, 0.6) is 5.75 Å². The Morgan fingerprint density at radius 2 is 2.16 bits per heavy atom. The molecule has 1 atom stereocenters. The van der Waals surface area contributed by atoms with Gasteiger partial charge in [0, 0.05) is 0 Å². The van der Waals surface area contributed by atoms with E-state index in [4.69, 9.17) is 3.79 Å². The van der Waals surface area contributed by atoms with Crippen molar-refractivity contribution >= 4 is 56.5 Å². The Morgan fingerprint density at radius 1 is 1.47 bits per heavy atom. The second-order valence-electron chi connectivity index (χ2n) is 4.00. The molecule has 1 heterocycles. The Balaban J connectivity index is 2.56. The molecule has 1 unspecified atom stereocenters. The van der Waals surface area contributed by atoms with E-state index >= 15 is 0 Å². The van der Waals surface area contributed by atoms with Crippen LogP contribution in [0.25, 0.3) is 11.1 Å². The van der Waals surface area contributed by atoms with Gasteiger partial charge in [0.1, 0.15) is 0 Å². The number of hydrogen-bond acceptors (Lipinski definition) is 4. The number of halogens is 1. The van der Waals surface area contributed by atoms with Crippen LogP contribution >= 0.6 is 33.9 Å². The molecule has 0 saturated heterocycles. The number of benzene rings is 1. The van der Waals surface area contributed by atoms with Gasteiger partial charge in [-0.2, -0.15) is 0 Å². The zero-order valence-corrected chi connectivity index (χ0v) is 14.2. The SMILES string of the molecule is CC(C(=O)[O][Al+2])c1scc(I)c1-c1ccccc1O. The number of para-hydroxylation sites is 1. The van der Waals surface area contributed by atoms with Crippen molar-refractivity contribution in [2.75, 3.05) is 0 Å². The third kappa shape index (κ3) is 2.97. The number of phenolic OH excluding ortho intramolecular Hbond substituents is 1. The monoisotopic (exact) mass is 400 g/mol. The van der Waals surface area contributed by atoms with Crippen LogP contribution in [0.1, 0.15) is 17.7 Å². The van der Waals surface area contributed by atoms with Crippen molar-refractivity contribution in [3.8, 4) is 16.9 Å². The van der Waals surface area contributed by atoms with Crippen molar-refractivity contribution in [2.24, 2.45) is 0 Å². The minimum absolute atomic E-state index is 0.214. The van der Waals surface area contributed by atoms with Gasteiger partial charge in [-0.15, -0.1) is 0 Å². The topological polar surface area (TPSA) is 46.5 Å². The zero-order chi connectivity index (χ0) is 14.0. The first-order valence-corrected chi connectivity index (χ1v) is 7.95. The van der Waals surface area contributed by atoms with Crippen molar-refractivity contribution in [3.05, 3.63) is 38.1 Å². The first-order chi connectivity index (χ1) is 9.06. The number of carbonyl (C=O) groups is 1. The van der Waals surface area contributed by atoms with Crippen LogP contribution in [-0.4, -0.2) is 27.7 Å². The molecule has 2 rings (SSSR count). The van der Waals surface area contributed by atoms with Crippen molar-refractivity contribution in [1.29, 1.82) is 0 Å². The Morgan fingerprint density at radius 3 is 2.79 bits per heavy atom. The van der Waals surface area contributed by atoms with Gasteiger partial charge in [0.2, 0.25) is 0 Å². The van der Waals surface area contributed by atoms with Crippen molar-refractivity contribution < 1.29 is 13.7 Å². The standard InChI is InChI=1S/C13H11IO3S.Al/c1-7(13(16)17)12-11(9(14)6-18-12)8-4-2-3-5-10(8)15;/h2-7,15H,1H3,(H,16,17);/q;+3/p-1. The number of aromatic hydroxyl groups is 1. The van der Waals surface area contributed by atoms with Gasteiger partial charge in [-0.05, 0) is 0 Å². The van der Waals surface area contributed by atoms with Crippen LogP contribution in [0.2, 0.25) is 0 Å². The summed E-state index contributed by atoms with van der Waals surface area (Å²) in [4.78, 5) is 12.6. The van der Waals surface area contributed by atoms with E-state index < -0.39 is 0 Å². The van der Waals surface area contributed by atoms with Crippen LogP contribution in [-0.2, 0) is 8.58 Å². The molecule has 94 valence electrons. The van der Waals surface area contributed by atoms with Crippen LogP contribution in [0, 0.1) is 3.57 Å². The molecular formula is C13H10AlIO3S+2. The van der Waals surface area contributed by atoms with Gasteiger partial charge < -0.3 is 0 Å². The van der Waals surface area contributed by atoms with E-state index in [1.54, 1.807) is 19.1 Å². The second-order valence-corrected chi connectivity index (χ2v) is 6.31. The van der Waals surface area contributed by atoms with Gasteiger partial charge in [0.25, 0.3) is 0 Å². The number of thiophene rings is 1. The summed E-state index contributed by atoms with van der Waals surface area (Å²) in [5, 5.41) is 12.0. The number of phenols is 1. The van der Waals surface area contributed by atoms with Crippen LogP contribution in [0.3, 0.4) is 0 Å². The number of carbonyl (C=O) groups excluding carboxylic acids is 1. The molecule has 3 nitrogen and oxygen atoms in total. The predicted molar refractivity (Wildman–Crippen MR) is 84.4 cm³/mol. The molecule has 0 amide bonds. The third-order valence-corrected chi connectivity index (χ3v) is 5.48. The molecule has 0 fully saturated rings. The summed E-state index contributed by atoms with van der Waals surface area (Å²) in [5.41, 5.74) is 1.65. The summed E-state index contributed by atoms with van der Waals surface area (Å²) < 4.78 is 5.73. The van der Waals surface area contributed by atoms with Crippen LogP contribution in [0.15, 0.2) is 29.6 Å². The maximum atomic E-state index is 11.7. The van der Waals surface area contributed by atoms with E-state index in [0.29, 0.717) is 0 Å². The zero-order valence-electron chi connectivity index (χ0n) is 10.1. The van der Waals surface area contributed by atoms with Crippen molar-refractivity contribution in [3.63, 3.8) is 0 Å². The fourth-order valence-electron chi connectivity index (χ4n) is 1.82. The Hall–Kier alpha value is -0.548. The molecule has 1 N–H and O–H groups in total. The summed E-state index contributed by atoms with van der Waals surface area (Å²) in [6, 6.07) is 7.14. The van der Waals surface area contributed by atoms with E-state index in [1.165, 1.54) is 11.3 Å². The number of rotatable bonds is 3. The van der Waals surface area contributed by atoms with Gasteiger partial charge >= 0.3 is 138 Å². The minimum atomic E-state index is -0.361. The molecule has 1 aromatic carbocycles. The van der Waals surface area contributed by atoms with E-state index in [1.807, 2.05) is 34.1 Å². The van der Waals surface area contributed by atoms with Gasteiger partial charge in [-0.3, -0.25) is 0 Å². The number of hydrogen-bond donors (Lipinski definition) is 1. The molecule has 6 heteroatoms. The molecule has 0 aliphatic carbocycles. The van der Waals surface area contributed by atoms with Crippen molar-refractivity contribution in [2.45, 2.75) is 12.8 Å². The first-order valence-electron chi connectivity index (χ1n) is 5.52. The van der Waals surface area contributed by atoms with E-state index in [2.05, 4.69) is 22.6 Å². The molecule has 0 bridgehead atoms. The van der Waals surface area contributed by atoms with Gasteiger partial charge in [-0.25, -0.2) is 0 Å². The van der Waals surface area contributed by atoms with Crippen LogP contribution < -0.4 is 0 Å². The normalized spacial score (nSPS) is 12.2. The summed E-state index contributed by atoms with van der Waals surface area (Å²) in [7, 11) is 0. The van der Waals surface area contributed by atoms with Crippen molar-refractivity contribution in [1.82, 2.24) is 0 Å².